The van der Waals surface area contributed by atoms with Gasteiger partial charge in [-0.3, -0.25) is 4.79 Å². The lowest BCUT2D eigenvalue weighted by atomic mass is 9.99. The van der Waals surface area contributed by atoms with Crippen molar-refractivity contribution in [2.24, 2.45) is 0 Å². The van der Waals surface area contributed by atoms with Crippen LogP contribution in [0.15, 0.2) is 46.9 Å². The molecule has 2 aromatic carbocycles. The fourth-order valence-corrected chi connectivity index (χ4v) is 3.24. The molecule has 1 aromatic heterocycles. The van der Waals surface area contributed by atoms with Crippen LogP contribution in [0.25, 0.3) is 11.0 Å². The van der Waals surface area contributed by atoms with Gasteiger partial charge in [0.25, 0.3) is 0 Å². The van der Waals surface area contributed by atoms with E-state index < -0.39 is 0 Å². The van der Waals surface area contributed by atoms with E-state index in [9.17, 15) is 9.18 Å². The number of fused-ring (bicyclic) bond motifs is 2. The Morgan fingerprint density at radius 2 is 2.08 bits per heavy atom. The van der Waals surface area contributed by atoms with Crippen LogP contribution in [-0.2, 0) is 24.2 Å². The monoisotopic (exact) mass is 374 g/mol. The second-order valence-corrected chi connectivity index (χ2v) is 6.29. The summed E-state index contributed by atoms with van der Waals surface area (Å²) in [5.41, 5.74) is 2.74. The molecule has 4 rings (SSSR count). The number of para-hydroxylation sites is 1. The van der Waals surface area contributed by atoms with Crippen LogP contribution in [0.1, 0.15) is 23.3 Å². The molecule has 3 aromatic rings. The molecule has 6 heteroatoms. The third kappa shape index (κ3) is 3.74. The summed E-state index contributed by atoms with van der Waals surface area (Å²) in [6.45, 7) is 1.43. The minimum atomic E-state index is -0.309. The molecule has 0 radical (unpaired) electrons. The normalized spacial score (nSPS) is 13.1. The van der Waals surface area contributed by atoms with Crippen molar-refractivity contribution in [3.8, 4) is 0 Å². The first-order chi connectivity index (χ1) is 12.2. The molecule has 2 N–H and O–H groups in total. The Hall–Kier alpha value is -2.37. The molecule has 26 heavy (non-hydrogen) atoms. The SMILES string of the molecule is Cl.O=C(CCc1cc2ccccc2o1)Nc1ccc2c(c1F)CCNC2. The summed E-state index contributed by atoms with van der Waals surface area (Å²) in [4.78, 5) is 12.2. The van der Waals surface area contributed by atoms with E-state index >= 15 is 0 Å². The van der Waals surface area contributed by atoms with Crippen LogP contribution in [0.2, 0.25) is 0 Å². The number of amides is 1. The maximum absolute atomic E-state index is 14.6. The highest BCUT2D eigenvalue weighted by Gasteiger charge is 2.17. The molecular weight excluding hydrogens is 355 g/mol. The maximum Gasteiger partial charge on any atom is 0.224 e. The van der Waals surface area contributed by atoms with Crippen molar-refractivity contribution in [3.63, 3.8) is 0 Å². The molecular formula is C20H20ClFN2O2. The highest BCUT2D eigenvalue weighted by molar-refractivity contribution is 5.91. The van der Waals surface area contributed by atoms with Gasteiger partial charge in [0, 0.05) is 24.8 Å². The van der Waals surface area contributed by atoms with Gasteiger partial charge in [0.1, 0.15) is 17.2 Å². The molecule has 0 saturated heterocycles. The molecule has 4 nitrogen and oxygen atoms in total. The molecule has 2 heterocycles. The van der Waals surface area contributed by atoms with E-state index in [2.05, 4.69) is 10.6 Å². The summed E-state index contributed by atoms with van der Waals surface area (Å²) >= 11 is 0. The third-order valence-electron chi connectivity index (χ3n) is 4.56. The van der Waals surface area contributed by atoms with Crippen LogP contribution in [-0.4, -0.2) is 12.5 Å². The summed E-state index contributed by atoms with van der Waals surface area (Å²) in [6.07, 6.45) is 1.37. The first-order valence-electron chi connectivity index (χ1n) is 8.49. The number of furan rings is 1. The van der Waals surface area contributed by atoms with Gasteiger partial charge in [0.05, 0.1) is 5.69 Å². The van der Waals surface area contributed by atoms with Crippen molar-refractivity contribution in [1.82, 2.24) is 5.32 Å². The van der Waals surface area contributed by atoms with Crippen LogP contribution in [0.5, 0.6) is 0 Å². The Kier molecular flexibility index (Phi) is 5.59. The molecule has 0 bridgehead atoms. The van der Waals surface area contributed by atoms with E-state index in [1.165, 1.54) is 0 Å². The van der Waals surface area contributed by atoms with Crippen LogP contribution >= 0.6 is 12.4 Å². The minimum absolute atomic E-state index is 0. The van der Waals surface area contributed by atoms with Crippen LogP contribution in [0.4, 0.5) is 10.1 Å². The van der Waals surface area contributed by atoms with Gasteiger partial charge in [-0.25, -0.2) is 4.39 Å². The number of nitrogens with one attached hydrogen (secondary N) is 2. The molecule has 0 saturated carbocycles. The fourth-order valence-electron chi connectivity index (χ4n) is 3.24. The Morgan fingerprint density at radius 3 is 2.92 bits per heavy atom. The lowest BCUT2D eigenvalue weighted by molar-refractivity contribution is -0.116. The zero-order chi connectivity index (χ0) is 17.2. The predicted octanol–water partition coefficient (Wildman–Crippen LogP) is 4.21. The quantitative estimate of drug-likeness (QED) is 0.719. The van der Waals surface area contributed by atoms with Gasteiger partial charge in [-0.2, -0.15) is 0 Å². The van der Waals surface area contributed by atoms with Gasteiger partial charge in [-0.15, -0.1) is 12.4 Å². The number of benzene rings is 2. The van der Waals surface area contributed by atoms with Crippen molar-refractivity contribution < 1.29 is 13.6 Å². The van der Waals surface area contributed by atoms with E-state index in [1.807, 2.05) is 36.4 Å². The zero-order valence-electron chi connectivity index (χ0n) is 14.2. The van der Waals surface area contributed by atoms with Gasteiger partial charge in [0.15, 0.2) is 0 Å². The Balaban J connectivity index is 0.00000196. The number of carbonyl (C=O) groups is 1. The number of carbonyl (C=O) groups excluding carboxylic acids is 1. The third-order valence-corrected chi connectivity index (χ3v) is 4.56. The van der Waals surface area contributed by atoms with Crippen LogP contribution in [0.3, 0.4) is 0 Å². The van der Waals surface area contributed by atoms with Crippen molar-refractivity contribution >= 4 is 35.0 Å². The molecule has 136 valence electrons. The standard InChI is InChI=1S/C20H19FN2O2.ClH/c21-20-16-9-10-22-12-14(16)5-7-17(20)23-19(24)8-6-15-11-13-3-1-2-4-18(13)25-15;/h1-5,7,11,22H,6,8-10,12H2,(H,23,24);1H. The predicted molar refractivity (Wildman–Crippen MR) is 102 cm³/mol. The van der Waals surface area contributed by atoms with Gasteiger partial charge in [-0.05, 0) is 42.3 Å². The Labute approximate surface area is 157 Å². The van der Waals surface area contributed by atoms with Gasteiger partial charge in [0.2, 0.25) is 5.91 Å². The van der Waals surface area contributed by atoms with E-state index in [1.54, 1.807) is 6.07 Å². The van der Waals surface area contributed by atoms with Crippen LogP contribution < -0.4 is 10.6 Å². The van der Waals surface area contributed by atoms with Crippen LogP contribution in [0, 0.1) is 5.82 Å². The summed E-state index contributed by atoms with van der Waals surface area (Å²) < 4.78 is 20.3. The molecule has 1 aliphatic heterocycles. The molecule has 0 aliphatic carbocycles. The van der Waals surface area contributed by atoms with E-state index in [-0.39, 0.29) is 36.2 Å². The van der Waals surface area contributed by atoms with E-state index in [0.29, 0.717) is 24.9 Å². The summed E-state index contributed by atoms with van der Waals surface area (Å²) in [7, 11) is 0. The molecule has 0 spiro atoms. The first-order valence-corrected chi connectivity index (χ1v) is 8.49. The minimum Gasteiger partial charge on any atom is -0.461 e. The Morgan fingerprint density at radius 1 is 1.23 bits per heavy atom. The molecule has 0 unspecified atom stereocenters. The number of aryl methyl sites for hydroxylation is 1. The lowest BCUT2D eigenvalue weighted by Gasteiger charge is -2.19. The number of anilines is 1. The van der Waals surface area contributed by atoms with Crippen molar-refractivity contribution in [1.29, 1.82) is 0 Å². The molecule has 1 aliphatic rings. The van der Waals surface area contributed by atoms with Gasteiger partial charge >= 0.3 is 0 Å². The Bertz CT molecular complexity index is 906. The largest absolute Gasteiger partial charge is 0.461 e. The van der Waals surface area contributed by atoms with Crippen molar-refractivity contribution in [2.45, 2.75) is 25.8 Å². The van der Waals surface area contributed by atoms with Crippen molar-refractivity contribution in [3.05, 3.63) is 65.2 Å². The molecule has 0 fully saturated rings. The van der Waals surface area contributed by atoms with Crippen molar-refractivity contribution in [2.75, 3.05) is 11.9 Å². The average Bonchev–Trinajstić information content (AvgIpc) is 3.06. The van der Waals surface area contributed by atoms with Gasteiger partial charge < -0.3 is 15.1 Å². The second-order valence-electron chi connectivity index (χ2n) is 6.29. The summed E-state index contributed by atoms with van der Waals surface area (Å²) in [5.74, 6) is 0.234. The second kappa shape index (κ2) is 7.89. The number of rotatable bonds is 4. The number of hydrogen-bond acceptors (Lipinski definition) is 3. The molecule has 1 amide bonds. The highest BCUT2D eigenvalue weighted by Crippen LogP contribution is 2.25. The van der Waals surface area contributed by atoms with E-state index in [4.69, 9.17) is 4.42 Å². The van der Waals surface area contributed by atoms with E-state index in [0.717, 1.165) is 28.8 Å². The summed E-state index contributed by atoms with van der Waals surface area (Å²) in [6, 6.07) is 13.2. The smallest absolute Gasteiger partial charge is 0.224 e. The topological polar surface area (TPSA) is 54.3 Å². The number of hydrogen-bond donors (Lipinski definition) is 2. The maximum atomic E-state index is 14.6. The zero-order valence-corrected chi connectivity index (χ0v) is 15.0. The highest BCUT2D eigenvalue weighted by atomic mass is 35.5. The lowest BCUT2D eigenvalue weighted by Crippen LogP contribution is -2.25. The van der Waals surface area contributed by atoms with Gasteiger partial charge in [-0.1, -0.05) is 24.3 Å². The number of halogens is 2. The first kappa shape index (κ1) is 18.4. The average molecular weight is 375 g/mol. The fraction of sp³-hybridized carbons (Fsp3) is 0.250. The molecule has 0 atom stereocenters. The summed E-state index contributed by atoms with van der Waals surface area (Å²) in [5, 5.41) is 6.92.